The second-order valence-electron chi connectivity index (χ2n) is 3.52. The third-order valence-corrected chi connectivity index (χ3v) is 2.32. The lowest BCUT2D eigenvalue weighted by molar-refractivity contribution is 0.441. The highest BCUT2D eigenvalue weighted by molar-refractivity contribution is 5.26. The van der Waals surface area contributed by atoms with Crippen molar-refractivity contribution in [3.05, 3.63) is 34.4 Å². The fraction of sp³-hybridized carbons (Fsp3) is 0.400. The van der Waals surface area contributed by atoms with Gasteiger partial charge in [0.1, 0.15) is 5.82 Å². The molecular formula is C10H12N2O2. The van der Waals surface area contributed by atoms with Crippen LogP contribution in [0.2, 0.25) is 0 Å². The smallest absolute Gasteiger partial charge is 0.258 e. The lowest BCUT2D eigenvalue weighted by atomic mass is 10.2. The van der Waals surface area contributed by atoms with Crippen molar-refractivity contribution in [2.24, 2.45) is 0 Å². The minimum atomic E-state index is -0.251. The molecule has 4 heteroatoms. The van der Waals surface area contributed by atoms with Gasteiger partial charge in [0.2, 0.25) is 5.88 Å². The average molecular weight is 192 g/mol. The molecule has 0 radical (unpaired) electrons. The van der Waals surface area contributed by atoms with E-state index < -0.39 is 0 Å². The maximum atomic E-state index is 11.5. The van der Waals surface area contributed by atoms with Crippen molar-refractivity contribution < 1.29 is 5.11 Å². The van der Waals surface area contributed by atoms with Crippen molar-refractivity contribution in [2.45, 2.75) is 25.2 Å². The Kier molecular flexibility index (Phi) is 2.11. The monoisotopic (exact) mass is 192 g/mol. The summed E-state index contributed by atoms with van der Waals surface area (Å²) < 4.78 is 0. The Labute approximate surface area is 81.3 Å². The Morgan fingerprint density at radius 1 is 1.64 bits per heavy atom. The molecule has 4 nitrogen and oxygen atoms in total. The van der Waals surface area contributed by atoms with Gasteiger partial charge in [0, 0.05) is 12.3 Å². The molecule has 2 N–H and O–H groups in total. The summed E-state index contributed by atoms with van der Waals surface area (Å²) in [4.78, 5) is 18.1. The summed E-state index contributed by atoms with van der Waals surface area (Å²) in [6.07, 6.45) is 4.01. The molecule has 0 spiro atoms. The number of H-pyrrole nitrogens is 1. The number of rotatable bonds is 3. The van der Waals surface area contributed by atoms with E-state index in [9.17, 15) is 9.90 Å². The van der Waals surface area contributed by atoms with Gasteiger partial charge >= 0.3 is 0 Å². The van der Waals surface area contributed by atoms with E-state index in [0.29, 0.717) is 23.7 Å². The first kappa shape index (κ1) is 8.99. The lowest BCUT2D eigenvalue weighted by Crippen LogP contribution is -2.16. The normalized spacial score (nSPS) is 15.4. The summed E-state index contributed by atoms with van der Waals surface area (Å²) in [6.45, 7) is 3.52. The number of aromatic hydroxyl groups is 1. The Bertz CT molecular complexity index is 419. The molecule has 14 heavy (non-hydrogen) atoms. The van der Waals surface area contributed by atoms with Gasteiger partial charge in [0.15, 0.2) is 0 Å². The molecule has 1 aromatic rings. The quantitative estimate of drug-likeness (QED) is 0.704. The summed E-state index contributed by atoms with van der Waals surface area (Å²) in [5.74, 6) is 0.794. The number of hydrogen-bond acceptors (Lipinski definition) is 3. The Balaban J connectivity index is 2.43. The summed E-state index contributed by atoms with van der Waals surface area (Å²) in [6, 6.07) is 0. The minimum absolute atomic E-state index is 0.157. The van der Waals surface area contributed by atoms with Crippen LogP contribution in [0.15, 0.2) is 17.4 Å². The average Bonchev–Trinajstić information content (AvgIpc) is 2.93. The molecule has 0 saturated heterocycles. The first-order chi connectivity index (χ1) is 6.72. The van der Waals surface area contributed by atoms with Gasteiger partial charge in [0.05, 0.1) is 5.56 Å². The van der Waals surface area contributed by atoms with Gasteiger partial charge in [-0.15, -0.1) is 6.58 Å². The van der Waals surface area contributed by atoms with Crippen LogP contribution in [-0.4, -0.2) is 15.1 Å². The molecule has 1 saturated carbocycles. The van der Waals surface area contributed by atoms with Gasteiger partial charge in [-0.1, -0.05) is 6.08 Å². The number of hydrogen-bond donors (Lipinski definition) is 2. The Morgan fingerprint density at radius 2 is 2.36 bits per heavy atom. The molecule has 0 unspecified atom stereocenters. The van der Waals surface area contributed by atoms with Crippen molar-refractivity contribution in [3.63, 3.8) is 0 Å². The molecule has 1 fully saturated rings. The zero-order valence-corrected chi connectivity index (χ0v) is 7.79. The van der Waals surface area contributed by atoms with Gasteiger partial charge in [-0.25, -0.2) is 0 Å². The molecule has 0 aromatic carbocycles. The zero-order valence-electron chi connectivity index (χ0n) is 7.79. The number of nitrogens with zero attached hydrogens (tertiary/aromatic N) is 1. The van der Waals surface area contributed by atoms with Crippen LogP contribution in [0.1, 0.15) is 30.1 Å². The van der Waals surface area contributed by atoms with Crippen LogP contribution in [0, 0.1) is 0 Å². The Morgan fingerprint density at radius 3 is 2.86 bits per heavy atom. The maximum Gasteiger partial charge on any atom is 0.258 e. The highest BCUT2D eigenvalue weighted by Crippen LogP contribution is 2.38. The van der Waals surface area contributed by atoms with E-state index in [1.165, 1.54) is 0 Å². The second-order valence-corrected chi connectivity index (χ2v) is 3.52. The molecule has 2 rings (SSSR count). The van der Waals surface area contributed by atoms with Crippen molar-refractivity contribution in [2.75, 3.05) is 0 Å². The topological polar surface area (TPSA) is 66.0 Å². The summed E-state index contributed by atoms with van der Waals surface area (Å²) >= 11 is 0. The van der Waals surface area contributed by atoms with Gasteiger partial charge in [-0.05, 0) is 12.8 Å². The molecule has 0 bridgehead atoms. The third kappa shape index (κ3) is 1.55. The van der Waals surface area contributed by atoms with Crippen molar-refractivity contribution >= 4 is 0 Å². The van der Waals surface area contributed by atoms with Gasteiger partial charge in [-0.3, -0.25) is 4.79 Å². The van der Waals surface area contributed by atoms with Crippen molar-refractivity contribution in [3.8, 4) is 5.88 Å². The second kappa shape index (κ2) is 3.29. The largest absolute Gasteiger partial charge is 0.493 e. The van der Waals surface area contributed by atoms with Crippen LogP contribution >= 0.6 is 0 Å². The molecule has 0 amide bonds. The van der Waals surface area contributed by atoms with E-state index in [1.807, 2.05) is 0 Å². The molecule has 1 aliphatic carbocycles. The predicted octanol–water partition coefficient (Wildman–Crippen LogP) is 1.08. The molecule has 1 aromatic heterocycles. The molecule has 74 valence electrons. The van der Waals surface area contributed by atoms with Crippen molar-refractivity contribution in [1.29, 1.82) is 0 Å². The van der Waals surface area contributed by atoms with Crippen LogP contribution in [0.3, 0.4) is 0 Å². The zero-order chi connectivity index (χ0) is 10.1. The summed E-state index contributed by atoms with van der Waals surface area (Å²) in [5, 5.41) is 9.50. The van der Waals surface area contributed by atoms with Gasteiger partial charge in [-0.2, -0.15) is 4.98 Å². The summed E-state index contributed by atoms with van der Waals surface area (Å²) in [7, 11) is 0. The minimum Gasteiger partial charge on any atom is -0.493 e. The van der Waals surface area contributed by atoms with Crippen LogP contribution in [0.5, 0.6) is 5.88 Å². The van der Waals surface area contributed by atoms with Crippen LogP contribution in [0.25, 0.3) is 0 Å². The van der Waals surface area contributed by atoms with Crippen molar-refractivity contribution in [1.82, 2.24) is 9.97 Å². The van der Waals surface area contributed by atoms with E-state index in [-0.39, 0.29) is 11.4 Å². The van der Waals surface area contributed by atoms with E-state index in [0.717, 1.165) is 12.8 Å². The van der Waals surface area contributed by atoms with Crippen LogP contribution in [0.4, 0.5) is 0 Å². The molecule has 1 heterocycles. The molecule has 0 atom stereocenters. The van der Waals surface area contributed by atoms with E-state index in [1.54, 1.807) is 6.08 Å². The highest BCUT2D eigenvalue weighted by atomic mass is 16.3. The SMILES string of the molecule is C=CCc1c(O)nc(C2CC2)[nH]c1=O. The standard InChI is InChI=1S/C10H12N2O2/c1-2-3-7-9(13)11-8(6-4-5-6)12-10(7)14/h2,6H,1,3-5H2,(H2,11,12,13,14). The lowest BCUT2D eigenvalue weighted by Gasteiger charge is -2.02. The Hall–Kier alpha value is -1.58. The van der Waals surface area contributed by atoms with E-state index in [2.05, 4.69) is 16.5 Å². The molecule has 1 aliphatic rings. The maximum absolute atomic E-state index is 11.5. The molecule has 0 aliphatic heterocycles. The third-order valence-electron chi connectivity index (χ3n) is 2.32. The fourth-order valence-electron chi connectivity index (χ4n) is 1.38. The van der Waals surface area contributed by atoms with E-state index >= 15 is 0 Å². The highest BCUT2D eigenvalue weighted by Gasteiger charge is 2.27. The summed E-state index contributed by atoms with van der Waals surface area (Å²) in [5.41, 5.74) is 0.0451. The van der Waals surface area contributed by atoms with E-state index in [4.69, 9.17) is 0 Å². The number of nitrogens with one attached hydrogen (secondary N) is 1. The van der Waals surface area contributed by atoms with Crippen LogP contribution in [-0.2, 0) is 6.42 Å². The predicted molar refractivity (Wildman–Crippen MR) is 52.4 cm³/mol. The first-order valence-corrected chi connectivity index (χ1v) is 4.65. The molecular weight excluding hydrogens is 180 g/mol. The van der Waals surface area contributed by atoms with Gasteiger partial charge in [0.25, 0.3) is 5.56 Å². The number of allylic oxidation sites excluding steroid dienone is 1. The fourth-order valence-corrected chi connectivity index (χ4v) is 1.38. The number of aromatic amines is 1. The number of aromatic nitrogens is 2. The first-order valence-electron chi connectivity index (χ1n) is 4.65. The van der Waals surface area contributed by atoms with Gasteiger partial charge < -0.3 is 10.1 Å². The van der Waals surface area contributed by atoms with Crippen LogP contribution < -0.4 is 5.56 Å².